The maximum absolute atomic E-state index is 12.4. The number of hydrogen-bond acceptors (Lipinski definition) is 6. The van der Waals surface area contributed by atoms with Crippen LogP contribution in [0.4, 0.5) is 5.69 Å². The van der Waals surface area contributed by atoms with Crippen LogP contribution in [0.2, 0.25) is 0 Å². The van der Waals surface area contributed by atoms with Crippen molar-refractivity contribution in [2.45, 2.75) is 23.8 Å². The molecule has 1 aromatic rings. The number of nitro groups is 1. The molecule has 2 rings (SSSR count). The Bertz CT molecular complexity index is 631. The smallest absolute Gasteiger partial charge is 0.312 e. The van der Waals surface area contributed by atoms with Crippen molar-refractivity contribution < 1.29 is 18.4 Å². The first-order valence-electron chi connectivity index (χ1n) is 6.05. The summed E-state index contributed by atoms with van der Waals surface area (Å²) in [6, 6.07) is 2.79. The van der Waals surface area contributed by atoms with E-state index in [0.717, 1.165) is 24.6 Å². The van der Waals surface area contributed by atoms with Gasteiger partial charge in [0.25, 0.3) is 0 Å². The first-order chi connectivity index (χ1) is 9.32. The van der Waals surface area contributed by atoms with E-state index >= 15 is 0 Å². The molecule has 1 aromatic carbocycles. The number of nitro benzene ring substituents is 1. The number of piperidine rings is 1. The van der Waals surface area contributed by atoms with Crippen molar-refractivity contribution in [1.29, 1.82) is 0 Å². The number of phenols is 1. The summed E-state index contributed by atoms with van der Waals surface area (Å²) >= 11 is 0. The highest BCUT2D eigenvalue weighted by Crippen LogP contribution is 2.30. The van der Waals surface area contributed by atoms with Gasteiger partial charge in [-0.1, -0.05) is 0 Å². The summed E-state index contributed by atoms with van der Waals surface area (Å²) < 4.78 is 26.0. The quantitative estimate of drug-likeness (QED) is 0.615. The molecule has 0 amide bonds. The summed E-state index contributed by atoms with van der Waals surface area (Å²) in [5.74, 6) is -0.565. The monoisotopic (exact) mass is 301 g/mol. The Hall–Kier alpha value is -1.71. The maximum atomic E-state index is 12.4. The van der Waals surface area contributed by atoms with Gasteiger partial charge in [0.1, 0.15) is 0 Å². The van der Waals surface area contributed by atoms with E-state index in [2.05, 4.69) is 0 Å². The van der Waals surface area contributed by atoms with Gasteiger partial charge in [-0.2, -0.15) is 4.31 Å². The van der Waals surface area contributed by atoms with E-state index in [1.807, 2.05) is 0 Å². The minimum atomic E-state index is -3.83. The minimum absolute atomic E-state index is 0.191. The molecule has 0 spiro atoms. The third-order valence-electron chi connectivity index (χ3n) is 3.20. The fourth-order valence-corrected chi connectivity index (χ4v) is 3.71. The molecule has 110 valence electrons. The van der Waals surface area contributed by atoms with E-state index in [1.54, 1.807) is 0 Å². The molecule has 1 unspecified atom stereocenters. The molecule has 0 saturated carbocycles. The SMILES string of the molecule is NC1CCCN(S(=O)(=O)c2ccc(O)c([N+](=O)[O-])c2)C1. The summed E-state index contributed by atoms with van der Waals surface area (Å²) in [4.78, 5) is 9.71. The average molecular weight is 301 g/mol. The lowest BCUT2D eigenvalue weighted by molar-refractivity contribution is -0.386. The zero-order valence-electron chi connectivity index (χ0n) is 10.6. The topological polar surface area (TPSA) is 127 Å². The van der Waals surface area contributed by atoms with Gasteiger partial charge < -0.3 is 10.8 Å². The largest absolute Gasteiger partial charge is 0.502 e. The second-order valence-electron chi connectivity index (χ2n) is 4.67. The fraction of sp³-hybridized carbons (Fsp3) is 0.455. The van der Waals surface area contributed by atoms with Gasteiger partial charge >= 0.3 is 5.69 Å². The van der Waals surface area contributed by atoms with Gasteiger partial charge in [-0.3, -0.25) is 10.1 Å². The molecule has 1 atom stereocenters. The highest BCUT2D eigenvalue weighted by Gasteiger charge is 2.30. The molecule has 0 aliphatic carbocycles. The molecule has 1 fully saturated rings. The molecule has 3 N–H and O–H groups in total. The van der Waals surface area contributed by atoms with E-state index in [1.165, 1.54) is 4.31 Å². The number of aromatic hydroxyl groups is 1. The number of nitrogens with zero attached hydrogens (tertiary/aromatic N) is 2. The van der Waals surface area contributed by atoms with E-state index in [0.29, 0.717) is 13.0 Å². The molecule has 1 aliphatic rings. The van der Waals surface area contributed by atoms with Crippen LogP contribution in [-0.2, 0) is 10.0 Å². The minimum Gasteiger partial charge on any atom is -0.502 e. The van der Waals surface area contributed by atoms with Gasteiger partial charge in [0.15, 0.2) is 5.75 Å². The molecule has 1 heterocycles. The number of benzene rings is 1. The molecule has 0 bridgehead atoms. The molecule has 9 heteroatoms. The predicted molar refractivity (Wildman–Crippen MR) is 70.7 cm³/mol. The van der Waals surface area contributed by atoms with E-state index in [9.17, 15) is 23.6 Å². The average Bonchev–Trinajstić information content (AvgIpc) is 2.38. The number of phenolic OH excluding ortho intramolecular Hbond substituents is 1. The molecule has 20 heavy (non-hydrogen) atoms. The molecule has 1 aliphatic heterocycles. The molecule has 8 nitrogen and oxygen atoms in total. The van der Waals surface area contributed by atoms with Crippen molar-refractivity contribution in [2.24, 2.45) is 5.73 Å². The summed E-state index contributed by atoms with van der Waals surface area (Å²) in [6.45, 7) is 0.529. The van der Waals surface area contributed by atoms with Gasteiger partial charge in [0.2, 0.25) is 10.0 Å². The molecular weight excluding hydrogens is 286 g/mol. The zero-order valence-corrected chi connectivity index (χ0v) is 11.4. The Kier molecular flexibility index (Phi) is 3.93. The summed E-state index contributed by atoms with van der Waals surface area (Å²) in [5, 5.41) is 20.1. The summed E-state index contributed by atoms with van der Waals surface area (Å²) in [7, 11) is -3.83. The summed E-state index contributed by atoms with van der Waals surface area (Å²) in [5.41, 5.74) is 5.12. The molecular formula is C11H15N3O5S. The first-order valence-corrected chi connectivity index (χ1v) is 7.49. The van der Waals surface area contributed by atoms with Crippen LogP contribution >= 0.6 is 0 Å². The van der Waals surface area contributed by atoms with Crippen molar-refractivity contribution in [3.63, 3.8) is 0 Å². The second-order valence-corrected chi connectivity index (χ2v) is 6.61. The van der Waals surface area contributed by atoms with Gasteiger partial charge in [0.05, 0.1) is 9.82 Å². The van der Waals surface area contributed by atoms with Crippen LogP contribution < -0.4 is 5.73 Å². The molecule has 1 saturated heterocycles. The normalized spacial score (nSPS) is 20.8. The lowest BCUT2D eigenvalue weighted by Crippen LogP contribution is -2.45. The second kappa shape index (κ2) is 5.35. The number of rotatable bonds is 3. The Labute approximate surface area is 116 Å². The Morgan fingerprint density at radius 1 is 1.45 bits per heavy atom. The fourth-order valence-electron chi connectivity index (χ4n) is 2.15. The van der Waals surface area contributed by atoms with Gasteiger partial charge in [-0.15, -0.1) is 0 Å². The van der Waals surface area contributed by atoms with Crippen LogP contribution in [0.1, 0.15) is 12.8 Å². The van der Waals surface area contributed by atoms with Crippen LogP contribution in [0.15, 0.2) is 23.1 Å². The lowest BCUT2D eigenvalue weighted by Gasteiger charge is -2.29. The molecule has 0 aromatic heterocycles. The first kappa shape index (κ1) is 14.7. The van der Waals surface area contributed by atoms with Crippen molar-refractivity contribution in [2.75, 3.05) is 13.1 Å². The molecule has 0 radical (unpaired) electrons. The van der Waals surface area contributed by atoms with Crippen LogP contribution in [0, 0.1) is 10.1 Å². The van der Waals surface area contributed by atoms with Crippen molar-refractivity contribution in [3.8, 4) is 5.75 Å². The van der Waals surface area contributed by atoms with Crippen LogP contribution in [0.5, 0.6) is 5.75 Å². The number of nitrogens with two attached hydrogens (primary N) is 1. The number of sulfonamides is 1. The van der Waals surface area contributed by atoms with E-state index in [-0.39, 0.29) is 17.5 Å². The van der Waals surface area contributed by atoms with Crippen molar-refractivity contribution >= 4 is 15.7 Å². The van der Waals surface area contributed by atoms with Gasteiger partial charge in [-0.05, 0) is 25.0 Å². The predicted octanol–water partition coefficient (Wildman–Crippen LogP) is 0.412. The van der Waals surface area contributed by atoms with Crippen LogP contribution in [0.25, 0.3) is 0 Å². The third-order valence-corrected chi connectivity index (χ3v) is 5.06. The van der Waals surface area contributed by atoms with Gasteiger partial charge in [-0.25, -0.2) is 8.42 Å². The zero-order chi connectivity index (χ0) is 14.9. The van der Waals surface area contributed by atoms with E-state index in [4.69, 9.17) is 5.73 Å². The van der Waals surface area contributed by atoms with Crippen molar-refractivity contribution in [1.82, 2.24) is 4.31 Å². The van der Waals surface area contributed by atoms with Crippen LogP contribution in [-0.4, -0.2) is 41.9 Å². The summed E-state index contributed by atoms with van der Waals surface area (Å²) in [6.07, 6.45) is 1.41. The standard InChI is InChI=1S/C11H15N3O5S/c12-8-2-1-5-13(7-8)20(18,19)9-3-4-11(15)10(6-9)14(16)17/h3-4,6,8,15H,1-2,5,7,12H2. The van der Waals surface area contributed by atoms with E-state index < -0.39 is 26.4 Å². The van der Waals surface area contributed by atoms with Crippen molar-refractivity contribution in [3.05, 3.63) is 28.3 Å². The Morgan fingerprint density at radius 2 is 2.15 bits per heavy atom. The Morgan fingerprint density at radius 3 is 2.75 bits per heavy atom. The maximum Gasteiger partial charge on any atom is 0.312 e. The highest BCUT2D eigenvalue weighted by molar-refractivity contribution is 7.89. The lowest BCUT2D eigenvalue weighted by atomic mass is 10.1. The third kappa shape index (κ3) is 2.74. The van der Waals surface area contributed by atoms with Gasteiger partial charge in [0, 0.05) is 25.2 Å². The Balaban J connectivity index is 2.39. The highest BCUT2D eigenvalue weighted by atomic mass is 32.2. The number of hydrogen-bond donors (Lipinski definition) is 2. The van der Waals surface area contributed by atoms with Crippen LogP contribution in [0.3, 0.4) is 0 Å².